The third-order valence-electron chi connectivity index (χ3n) is 5.52. The van der Waals surface area contributed by atoms with Gasteiger partial charge in [-0.1, -0.05) is 0 Å². The van der Waals surface area contributed by atoms with Gasteiger partial charge in [0.2, 0.25) is 0 Å². The summed E-state index contributed by atoms with van der Waals surface area (Å²) in [5.41, 5.74) is -0.0450. The van der Waals surface area contributed by atoms with Crippen molar-refractivity contribution in [1.29, 1.82) is 0 Å². The molecule has 1 heterocycles. The molecule has 0 radical (unpaired) electrons. The molecule has 4 nitrogen and oxygen atoms in total. The third-order valence-corrected chi connectivity index (χ3v) is 5.52. The lowest BCUT2D eigenvalue weighted by molar-refractivity contribution is -0.148. The first kappa shape index (κ1) is 14.3. The number of rotatable bonds is 5. The van der Waals surface area contributed by atoms with Gasteiger partial charge >= 0.3 is 5.97 Å². The summed E-state index contributed by atoms with van der Waals surface area (Å²) in [7, 11) is 0. The van der Waals surface area contributed by atoms with E-state index in [0.717, 1.165) is 25.2 Å². The second kappa shape index (κ2) is 4.99. The number of likely N-dealkylation sites (tertiary alicyclic amines) is 1. The van der Waals surface area contributed by atoms with Gasteiger partial charge in [0, 0.05) is 18.6 Å². The highest BCUT2D eigenvalue weighted by atomic mass is 16.4. The molecule has 20 heavy (non-hydrogen) atoms. The number of nitrogens with zero attached hydrogens (tertiary/aromatic N) is 1. The maximum Gasteiger partial charge on any atom is 0.310 e. The van der Waals surface area contributed by atoms with Crippen LogP contribution in [-0.4, -0.2) is 47.7 Å². The molecule has 114 valence electrons. The molecule has 2 aliphatic carbocycles. The molecule has 0 unspecified atom stereocenters. The summed E-state index contributed by atoms with van der Waals surface area (Å²) in [4.78, 5) is 13.6. The summed E-state index contributed by atoms with van der Waals surface area (Å²) in [6, 6.07) is 1.60. The Morgan fingerprint density at radius 3 is 2.35 bits per heavy atom. The zero-order chi connectivity index (χ0) is 14.4. The minimum absolute atomic E-state index is 0.580. The van der Waals surface area contributed by atoms with E-state index in [4.69, 9.17) is 0 Å². The van der Waals surface area contributed by atoms with Crippen LogP contribution >= 0.6 is 0 Å². The Morgan fingerprint density at radius 1 is 1.25 bits per heavy atom. The number of carbonyl (C=O) groups is 1. The van der Waals surface area contributed by atoms with E-state index in [9.17, 15) is 9.90 Å². The highest BCUT2D eigenvalue weighted by Crippen LogP contribution is 2.49. The van der Waals surface area contributed by atoms with E-state index >= 15 is 0 Å². The summed E-state index contributed by atoms with van der Waals surface area (Å²) in [5, 5.41) is 13.0. The zero-order valence-electron chi connectivity index (χ0n) is 12.8. The zero-order valence-corrected chi connectivity index (χ0v) is 12.8. The van der Waals surface area contributed by atoms with Gasteiger partial charge in [0.25, 0.3) is 0 Å². The molecule has 2 N–H and O–H groups in total. The van der Waals surface area contributed by atoms with Crippen molar-refractivity contribution in [3.05, 3.63) is 0 Å². The van der Waals surface area contributed by atoms with Crippen molar-refractivity contribution >= 4 is 5.97 Å². The average molecular weight is 280 g/mol. The fraction of sp³-hybridized carbons (Fsp3) is 0.938. The molecule has 0 amide bonds. The van der Waals surface area contributed by atoms with Crippen molar-refractivity contribution in [2.75, 3.05) is 19.6 Å². The van der Waals surface area contributed by atoms with Gasteiger partial charge in [-0.2, -0.15) is 0 Å². The van der Waals surface area contributed by atoms with Crippen LogP contribution in [-0.2, 0) is 4.79 Å². The first-order valence-corrected chi connectivity index (χ1v) is 8.10. The van der Waals surface area contributed by atoms with Gasteiger partial charge in [0.15, 0.2) is 0 Å². The average Bonchev–Trinajstić information content (AvgIpc) is 3.13. The van der Waals surface area contributed by atoms with Crippen molar-refractivity contribution in [1.82, 2.24) is 10.2 Å². The van der Waals surface area contributed by atoms with Gasteiger partial charge in [-0.3, -0.25) is 4.79 Å². The monoisotopic (exact) mass is 280 g/mol. The lowest BCUT2D eigenvalue weighted by Gasteiger charge is -2.53. The Morgan fingerprint density at radius 2 is 1.85 bits per heavy atom. The minimum Gasteiger partial charge on any atom is -0.481 e. The van der Waals surface area contributed by atoms with E-state index in [0.29, 0.717) is 12.0 Å². The van der Waals surface area contributed by atoms with Crippen LogP contribution in [0.5, 0.6) is 0 Å². The molecule has 1 aliphatic heterocycles. The van der Waals surface area contributed by atoms with Crippen LogP contribution in [0, 0.1) is 10.8 Å². The number of hydrogen-bond donors (Lipinski definition) is 2. The second-order valence-corrected chi connectivity index (χ2v) is 8.01. The van der Waals surface area contributed by atoms with E-state index in [1.165, 1.54) is 38.5 Å². The molecule has 1 saturated heterocycles. The first-order chi connectivity index (χ1) is 9.39. The molecule has 0 aromatic rings. The van der Waals surface area contributed by atoms with Crippen LogP contribution < -0.4 is 5.32 Å². The fourth-order valence-corrected chi connectivity index (χ4v) is 3.91. The Bertz CT molecular complexity index is 374. The number of piperidine rings is 1. The molecule has 0 aromatic heterocycles. The predicted molar refractivity (Wildman–Crippen MR) is 78.7 cm³/mol. The lowest BCUT2D eigenvalue weighted by Crippen LogP contribution is -2.55. The summed E-state index contributed by atoms with van der Waals surface area (Å²) in [6.07, 6.45) is 7.96. The van der Waals surface area contributed by atoms with Gasteiger partial charge in [-0.05, 0) is 70.9 Å². The molecule has 3 fully saturated rings. The number of hydrogen-bond acceptors (Lipinski definition) is 3. The Kier molecular flexibility index (Phi) is 3.57. The number of aliphatic carboxylic acids is 1. The largest absolute Gasteiger partial charge is 0.481 e. The minimum atomic E-state index is -0.685. The van der Waals surface area contributed by atoms with E-state index in [1.54, 1.807) is 0 Å². The fourth-order valence-electron chi connectivity index (χ4n) is 3.91. The van der Waals surface area contributed by atoms with Crippen LogP contribution in [0.2, 0.25) is 0 Å². The highest BCUT2D eigenvalue weighted by Gasteiger charge is 2.47. The second-order valence-electron chi connectivity index (χ2n) is 8.01. The molecular formula is C16H28N2O2. The number of carboxylic acid groups (broad SMARTS) is 1. The van der Waals surface area contributed by atoms with Gasteiger partial charge in [-0.15, -0.1) is 0 Å². The molecular weight excluding hydrogens is 252 g/mol. The third kappa shape index (κ3) is 3.01. The van der Waals surface area contributed by atoms with E-state index in [1.807, 2.05) is 13.8 Å². The van der Waals surface area contributed by atoms with E-state index in [2.05, 4.69) is 10.2 Å². The van der Waals surface area contributed by atoms with Gasteiger partial charge < -0.3 is 15.3 Å². The molecule has 0 bridgehead atoms. The smallest absolute Gasteiger partial charge is 0.310 e. The maximum absolute atomic E-state index is 11.2. The Hall–Kier alpha value is -0.610. The van der Waals surface area contributed by atoms with Crippen LogP contribution in [0.4, 0.5) is 0 Å². The van der Waals surface area contributed by atoms with Crippen molar-refractivity contribution in [3.63, 3.8) is 0 Å². The first-order valence-electron chi connectivity index (χ1n) is 8.10. The van der Waals surface area contributed by atoms with Crippen molar-refractivity contribution < 1.29 is 9.90 Å². The summed E-state index contributed by atoms with van der Waals surface area (Å²) >= 11 is 0. The van der Waals surface area contributed by atoms with Crippen molar-refractivity contribution in [3.8, 4) is 0 Å². The normalized spacial score (nSPS) is 27.5. The van der Waals surface area contributed by atoms with Crippen LogP contribution in [0.25, 0.3) is 0 Å². The molecule has 4 heteroatoms. The highest BCUT2D eigenvalue weighted by molar-refractivity contribution is 5.73. The molecule has 0 aromatic carbocycles. The quantitative estimate of drug-likeness (QED) is 0.810. The SMILES string of the molecule is CC(C)(CN1CCC2(CC1)CC(NC1CC1)C2)C(=O)O. The summed E-state index contributed by atoms with van der Waals surface area (Å²) in [6.45, 7) is 6.50. The van der Waals surface area contributed by atoms with Gasteiger partial charge in [-0.25, -0.2) is 0 Å². The maximum atomic E-state index is 11.2. The van der Waals surface area contributed by atoms with Crippen LogP contribution in [0.15, 0.2) is 0 Å². The summed E-state index contributed by atoms with van der Waals surface area (Å²) < 4.78 is 0. The van der Waals surface area contributed by atoms with Crippen molar-refractivity contribution in [2.45, 2.75) is 64.5 Å². The van der Waals surface area contributed by atoms with Crippen LogP contribution in [0.3, 0.4) is 0 Å². The van der Waals surface area contributed by atoms with E-state index < -0.39 is 11.4 Å². The molecule has 3 aliphatic rings. The number of nitrogens with one attached hydrogen (secondary N) is 1. The van der Waals surface area contributed by atoms with Gasteiger partial charge in [0.05, 0.1) is 5.41 Å². The van der Waals surface area contributed by atoms with Gasteiger partial charge in [0.1, 0.15) is 0 Å². The predicted octanol–water partition coefficient (Wildman–Crippen LogP) is 2.09. The lowest BCUT2D eigenvalue weighted by atomic mass is 9.60. The Labute approximate surface area is 121 Å². The molecule has 3 rings (SSSR count). The standard InChI is InChI=1S/C16H28N2O2/c1-15(2,14(19)20)11-18-7-5-16(6-8-18)9-13(10-16)17-12-3-4-12/h12-13,17H,3-11H2,1-2H3,(H,19,20). The molecule has 2 saturated carbocycles. The van der Waals surface area contributed by atoms with Crippen molar-refractivity contribution in [2.24, 2.45) is 10.8 Å². The van der Waals surface area contributed by atoms with Crippen LogP contribution in [0.1, 0.15) is 52.4 Å². The molecule has 0 atom stereocenters. The van der Waals surface area contributed by atoms with E-state index in [-0.39, 0.29) is 0 Å². The Balaban J connectivity index is 1.42. The molecule has 1 spiro atoms. The topological polar surface area (TPSA) is 52.6 Å². The number of carboxylic acids is 1. The summed E-state index contributed by atoms with van der Waals surface area (Å²) in [5.74, 6) is -0.685.